The number of rotatable bonds is 4. The summed E-state index contributed by atoms with van der Waals surface area (Å²) < 4.78 is 12.9. The number of carbonyl (C=O) groups is 1. The number of aromatic amines is 1. The third kappa shape index (κ3) is 3.41. The number of amides is 1. The van der Waals surface area contributed by atoms with Crippen LogP contribution >= 0.6 is 11.3 Å². The van der Waals surface area contributed by atoms with E-state index in [1.165, 1.54) is 23.5 Å². The summed E-state index contributed by atoms with van der Waals surface area (Å²) in [7, 11) is 0. The number of nitrogens with zero attached hydrogens (tertiary/aromatic N) is 2. The molecule has 2 aromatic heterocycles. The summed E-state index contributed by atoms with van der Waals surface area (Å²) in [5, 5.41) is 4.76. The zero-order valence-electron chi connectivity index (χ0n) is 13.0. The standard InChI is InChI=1S/C18H13FN4OS/c19-12-3-1-11(2-4-12)7-17(24)21-13-5-6-14-15(8-13)23-18(22-14)16-9-25-10-20-16/h1-6,8-10H,7H2,(H,21,24)(H,22,23). The van der Waals surface area contributed by atoms with Crippen LogP contribution in [0.15, 0.2) is 53.4 Å². The second-order valence-electron chi connectivity index (χ2n) is 5.54. The smallest absolute Gasteiger partial charge is 0.228 e. The number of carbonyl (C=O) groups excluding carboxylic acids is 1. The quantitative estimate of drug-likeness (QED) is 0.583. The molecule has 1 amide bonds. The van der Waals surface area contributed by atoms with Gasteiger partial charge in [-0.05, 0) is 35.9 Å². The number of hydrogen-bond acceptors (Lipinski definition) is 4. The van der Waals surface area contributed by atoms with Gasteiger partial charge in [0.05, 0.1) is 23.0 Å². The van der Waals surface area contributed by atoms with Gasteiger partial charge in [-0.2, -0.15) is 0 Å². The molecule has 4 rings (SSSR count). The number of anilines is 1. The Balaban J connectivity index is 1.51. The van der Waals surface area contributed by atoms with Crippen molar-refractivity contribution in [2.45, 2.75) is 6.42 Å². The third-order valence-electron chi connectivity index (χ3n) is 3.72. The molecule has 0 unspecified atom stereocenters. The number of hydrogen-bond donors (Lipinski definition) is 2. The van der Waals surface area contributed by atoms with E-state index in [-0.39, 0.29) is 18.1 Å². The number of thiazole rings is 1. The Labute approximate surface area is 146 Å². The predicted octanol–water partition coefficient (Wildman–Crippen LogP) is 4.01. The van der Waals surface area contributed by atoms with Crippen LogP contribution in [0.3, 0.4) is 0 Å². The minimum atomic E-state index is -0.316. The van der Waals surface area contributed by atoms with Gasteiger partial charge in [-0.25, -0.2) is 14.4 Å². The summed E-state index contributed by atoms with van der Waals surface area (Å²) in [6.45, 7) is 0. The average molecular weight is 352 g/mol. The third-order valence-corrected chi connectivity index (χ3v) is 4.31. The molecule has 7 heteroatoms. The number of H-pyrrole nitrogens is 1. The van der Waals surface area contributed by atoms with Crippen LogP contribution in [-0.4, -0.2) is 20.9 Å². The van der Waals surface area contributed by atoms with Gasteiger partial charge in [-0.1, -0.05) is 12.1 Å². The van der Waals surface area contributed by atoms with Crippen LogP contribution in [0.25, 0.3) is 22.6 Å². The van der Waals surface area contributed by atoms with Gasteiger partial charge in [0.2, 0.25) is 5.91 Å². The molecule has 0 atom stereocenters. The highest BCUT2D eigenvalue weighted by molar-refractivity contribution is 7.07. The highest BCUT2D eigenvalue weighted by atomic mass is 32.1. The fourth-order valence-electron chi connectivity index (χ4n) is 2.53. The molecule has 0 bridgehead atoms. The first-order chi connectivity index (χ1) is 12.2. The summed E-state index contributed by atoms with van der Waals surface area (Å²) in [6, 6.07) is 11.4. The molecule has 0 radical (unpaired) electrons. The minimum absolute atomic E-state index is 0.166. The summed E-state index contributed by atoms with van der Waals surface area (Å²) >= 11 is 1.51. The first-order valence-corrected chi connectivity index (χ1v) is 8.54. The second kappa shape index (κ2) is 6.45. The molecule has 2 aromatic carbocycles. The van der Waals surface area contributed by atoms with Crippen LogP contribution in [0.2, 0.25) is 0 Å². The molecule has 5 nitrogen and oxygen atoms in total. The van der Waals surface area contributed by atoms with Crippen molar-refractivity contribution in [2.24, 2.45) is 0 Å². The Morgan fingerprint density at radius 1 is 1.20 bits per heavy atom. The molecule has 0 saturated carbocycles. The zero-order chi connectivity index (χ0) is 17.2. The zero-order valence-corrected chi connectivity index (χ0v) is 13.8. The molecular weight excluding hydrogens is 339 g/mol. The van der Waals surface area contributed by atoms with E-state index >= 15 is 0 Å². The van der Waals surface area contributed by atoms with Crippen molar-refractivity contribution in [3.63, 3.8) is 0 Å². The van der Waals surface area contributed by atoms with E-state index in [1.807, 2.05) is 23.6 Å². The molecule has 0 fully saturated rings. The maximum absolute atomic E-state index is 12.9. The van der Waals surface area contributed by atoms with Crippen LogP contribution in [0, 0.1) is 5.82 Å². The second-order valence-corrected chi connectivity index (χ2v) is 6.26. The van der Waals surface area contributed by atoms with Crippen LogP contribution in [0.1, 0.15) is 5.56 Å². The van der Waals surface area contributed by atoms with Gasteiger partial charge in [0.25, 0.3) is 0 Å². The molecule has 2 heterocycles. The van der Waals surface area contributed by atoms with Crippen molar-refractivity contribution in [1.82, 2.24) is 15.0 Å². The van der Waals surface area contributed by atoms with Gasteiger partial charge < -0.3 is 10.3 Å². The first-order valence-electron chi connectivity index (χ1n) is 7.60. The SMILES string of the molecule is O=C(Cc1ccc(F)cc1)Nc1ccc2[nH]c(-c3cscn3)nc2c1. The van der Waals surface area contributed by atoms with Crippen molar-refractivity contribution in [2.75, 3.05) is 5.32 Å². The molecule has 124 valence electrons. The van der Waals surface area contributed by atoms with Gasteiger partial charge >= 0.3 is 0 Å². The van der Waals surface area contributed by atoms with E-state index in [0.717, 1.165) is 22.3 Å². The average Bonchev–Trinajstić information content (AvgIpc) is 3.25. The largest absolute Gasteiger partial charge is 0.337 e. The van der Waals surface area contributed by atoms with E-state index in [0.29, 0.717) is 11.5 Å². The lowest BCUT2D eigenvalue weighted by atomic mass is 10.1. The topological polar surface area (TPSA) is 70.7 Å². The lowest BCUT2D eigenvalue weighted by Crippen LogP contribution is -2.14. The molecule has 4 aromatic rings. The van der Waals surface area contributed by atoms with Gasteiger partial charge in [0.15, 0.2) is 5.82 Å². The Morgan fingerprint density at radius 3 is 2.80 bits per heavy atom. The Hall–Kier alpha value is -3.06. The van der Waals surface area contributed by atoms with Gasteiger partial charge in [0.1, 0.15) is 11.5 Å². The van der Waals surface area contributed by atoms with E-state index < -0.39 is 0 Å². The number of benzene rings is 2. The predicted molar refractivity (Wildman–Crippen MR) is 95.9 cm³/mol. The van der Waals surface area contributed by atoms with Crippen molar-refractivity contribution in [1.29, 1.82) is 0 Å². The summed E-state index contributed by atoms with van der Waals surface area (Å²) in [5.74, 6) is 0.219. The number of imidazole rings is 1. The van der Waals surface area contributed by atoms with Crippen molar-refractivity contribution >= 4 is 34.0 Å². The highest BCUT2D eigenvalue weighted by Gasteiger charge is 2.09. The first kappa shape index (κ1) is 15.5. The summed E-state index contributed by atoms with van der Waals surface area (Å²) in [5.41, 5.74) is 5.59. The van der Waals surface area contributed by atoms with Crippen molar-refractivity contribution in [3.05, 3.63) is 64.7 Å². The van der Waals surface area contributed by atoms with Crippen LogP contribution in [-0.2, 0) is 11.2 Å². The normalized spacial score (nSPS) is 10.9. The van der Waals surface area contributed by atoms with E-state index in [9.17, 15) is 9.18 Å². The Morgan fingerprint density at radius 2 is 2.04 bits per heavy atom. The van der Waals surface area contributed by atoms with Crippen molar-refractivity contribution in [3.8, 4) is 11.5 Å². The molecule has 2 N–H and O–H groups in total. The van der Waals surface area contributed by atoms with E-state index in [4.69, 9.17) is 0 Å². The van der Waals surface area contributed by atoms with Gasteiger partial charge in [-0.15, -0.1) is 11.3 Å². The Kier molecular flexibility index (Phi) is 3.99. The monoisotopic (exact) mass is 352 g/mol. The molecule has 0 saturated heterocycles. The van der Waals surface area contributed by atoms with Crippen LogP contribution < -0.4 is 5.32 Å². The maximum atomic E-state index is 12.9. The fraction of sp³-hybridized carbons (Fsp3) is 0.0556. The van der Waals surface area contributed by atoms with Crippen molar-refractivity contribution < 1.29 is 9.18 Å². The lowest BCUT2D eigenvalue weighted by Gasteiger charge is -2.05. The molecule has 0 aliphatic rings. The Bertz CT molecular complexity index is 1030. The maximum Gasteiger partial charge on any atom is 0.228 e. The molecule has 25 heavy (non-hydrogen) atoms. The van der Waals surface area contributed by atoms with E-state index in [1.54, 1.807) is 17.6 Å². The highest BCUT2D eigenvalue weighted by Crippen LogP contribution is 2.22. The van der Waals surface area contributed by atoms with Gasteiger partial charge in [-0.3, -0.25) is 4.79 Å². The molecule has 0 aliphatic carbocycles. The molecule has 0 spiro atoms. The minimum Gasteiger partial charge on any atom is -0.337 e. The summed E-state index contributed by atoms with van der Waals surface area (Å²) in [6.07, 6.45) is 0.183. The molecule has 0 aliphatic heterocycles. The van der Waals surface area contributed by atoms with Gasteiger partial charge in [0, 0.05) is 11.1 Å². The number of halogens is 1. The molecular formula is C18H13FN4OS. The number of aromatic nitrogens is 3. The van der Waals surface area contributed by atoms with E-state index in [2.05, 4.69) is 20.3 Å². The summed E-state index contributed by atoms with van der Waals surface area (Å²) in [4.78, 5) is 24.1. The number of fused-ring (bicyclic) bond motifs is 1. The fourth-order valence-corrected chi connectivity index (χ4v) is 3.06. The van der Waals surface area contributed by atoms with Crippen LogP contribution in [0.4, 0.5) is 10.1 Å². The van der Waals surface area contributed by atoms with Crippen LogP contribution in [0.5, 0.6) is 0 Å². The lowest BCUT2D eigenvalue weighted by molar-refractivity contribution is -0.115. The number of nitrogens with one attached hydrogen (secondary N) is 2.